The van der Waals surface area contributed by atoms with E-state index in [-0.39, 0.29) is 18.1 Å². The second-order valence-electron chi connectivity index (χ2n) is 6.56. The second-order valence-corrected chi connectivity index (χ2v) is 6.56. The quantitative estimate of drug-likeness (QED) is 0.490. The number of rotatable bonds is 5. The zero-order chi connectivity index (χ0) is 20.4. The van der Waals surface area contributed by atoms with Crippen molar-refractivity contribution in [3.63, 3.8) is 0 Å². The summed E-state index contributed by atoms with van der Waals surface area (Å²) in [4.78, 5) is 31.3. The van der Waals surface area contributed by atoms with Crippen LogP contribution in [0, 0.1) is 6.92 Å². The topological polar surface area (TPSA) is 76.8 Å². The summed E-state index contributed by atoms with van der Waals surface area (Å²) in [5.41, 5.74) is 1.97. The van der Waals surface area contributed by atoms with Gasteiger partial charge >= 0.3 is 5.97 Å². The van der Waals surface area contributed by atoms with E-state index in [0.717, 1.165) is 16.5 Å². The molecule has 2 aromatic carbocycles. The molecule has 0 aliphatic rings. The molecule has 0 atom stereocenters. The van der Waals surface area contributed by atoms with Crippen molar-refractivity contribution in [1.82, 2.24) is 14.6 Å². The standard InChI is InChI=1S/C22H20N4O3/c1-3-25(18-11-6-9-16-8-4-5-10-17(16)18)19(27)14-29-22(28)20-15(2)24-26-13-7-12-23-21(20)26/h4-13H,3,14H2,1-2H3. The van der Waals surface area contributed by atoms with E-state index < -0.39 is 5.97 Å². The zero-order valence-electron chi connectivity index (χ0n) is 16.2. The van der Waals surface area contributed by atoms with Crippen molar-refractivity contribution < 1.29 is 14.3 Å². The van der Waals surface area contributed by atoms with Crippen LogP contribution in [0.15, 0.2) is 60.9 Å². The number of fused-ring (bicyclic) bond motifs is 2. The molecule has 0 saturated carbocycles. The maximum Gasteiger partial charge on any atom is 0.344 e. The predicted molar refractivity (Wildman–Crippen MR) is 110 cm³/mol. The van der Waals surface area contributed by atoms with Crippen molar-refractivity contribution in [2.45, 2.75) is 13.8 Å². The SMILES string of the molecule is CCN(C(=O)COC(=O)c1c(C)nn2cccnc12)c1cccc2ccccc12. The van der Waals surface area contributed by atoms with Crippen LogP contribution in [0.2, 0.25) is 0 Å². The zero-order valence-corrected chi connectivity index (χ0v) is 16.2. The highest BCUT2D eigenvalue weighted by Crippen LogP contribution is 2.26. The minimum Gasteiger partial charge on any atom is -0.452 e. The number of esters is 1. The molecule has 0 unspecified atom stereocenters. The van der Waals surface area contributed by atoms with Crippen LogP contribution in [-0.2, 0) is 9.53 Å². The molecule has 2 heterocycles. The van der Waals surface area contributed by atoms with Gasteiger partial charge < -0.3 is 9.64 Å². The summed E-state index contributed by atoms with van der Waals surface area (Å²) in [5.74, 6) is -0.905. The Labute approximate surface area is 167 Å². The molecule has 1 amide bonds. The van der Waals surface area contributed by atoms with Crippen molar-refractivity contribution >= 4 is 34.0 Å². The van der Waals surface area contributed by atoms with E-state index in [1.807, 2.05) is 49.4 Å². The minimum atomic E-state index is -0.612. The fraction of sp³-hybridized carbons (Fsp3) is 0.182. The van der Waals surface area contributed by atoms with Crippen molar-refractivity contribution in [2.75, 3.05) is 18.1 Å². The summed E-state index contributed by atoms with van der Waals surface area (Å²) in [6.45, 7) is 3.70. The van der Waals surface area contributed by atoms with Gasteiger partial charge in [-0.1, -0.05) is 36.4 Å². The first kappa shape index (κ1) is 18.6. The molecule has 0 saturated heterocycles. The number of likely N-dealkylation sites (N-methyl/N-ethyl adjacent to an activating group) is 1. The van der Waals surface area contributed by atoms with Gasteiger partial charge in [-0.05, 0) is 31.4 Å². The summed E-state index contributed by atoms with van der Waals surface area (Å²) >= 11 is 0. The molecule has 0 fully saturated rings. The molecule has 2 aromatic heterocycles. The van der Waals surface area contributed by atoms with E-state index in [2.05, 4.69) is 10.1 Å². The molecular formula is C22H20N4O3. The van der Waals surface area contributed by atoms with Gasteiger partial charge in [0.15, 0.2) is 12.3 Å². The molecule has 29 heavy (non-hydrogen) atoms. The number of benzene rings is 2. The Morgan fingerprint density at radius 3 is 2.72 bits per heavy atom. The maximum absolute atomic E-state index is 12.9. The van der Waals surface area contributed by atoms with Crippen molar-refractivity contribution in [3.8, 4) is 0 Å². The number of hydrogen-bond donors (Lipinski definition) is 0. The predicted octanol–water partition coefficient (Wildman–Crippen LogP) is 3.40. The average Bonchev–Trinajstić information content (AvgIpc) is 3.08. The van der Waals surface area contributed by atoms with Gasteiger partial charge in [-0.15, -0.1) is 0 Å². The first-order chi connectivity index (χ1) is 14.1. The normalized spacial score (nSPS) is 11.0. The Morgan fingerprint density at radius 2 is 1.90 bits per heavy atom. The Bertz CT molecular complexity index is 1210. The van der Waals surface area contributed by atoms with Crippen molar-refractivity contribution in [1.29, 1.82) is 0 Å². The van der Waals surface area contributed by atoms with E-state index in [1.165, 1.54) is 4.52 Å². The molecule has 146 valence electrons. The number of aromatic nitrogens is 3. The highest BCUT2D eigenvalue weighted by Gasteiger charge is 2.22. The number of amides is 1. The molecular weight excluding hydrogens is 368 g/mol. The van der Waals surface area contributed by atoms with Crippen LogP contribution in [0.4, 0.5) is 5.69 Å². The van der Waals surface area contributed by atoms with Crippen LogP contribution in [0.1, 0.15) is 23.0 Å². The van der Waals surface area contributed by atoms with E-state index in [4.69, 9.17) is 4.74 Å². The lowest BCUT2D eigenvalue weighted by molar-refractivity contribution is -0.121. The molecule has 0 aliphatic heterocycles. The van der Waals surface area contributed by atoms with E-state index in [1.54, 1.807) is 30.3 Å². The van der Waals surface area contributed by atoms with Crippen molar-refractivity contribution in [2.24, 2.45) is 0 Å². The average molecular weight is 388 g/mol. The largest absolute Gasteiger partial charge is 0.452 e. The minimum absolute atomic E-state index is 0.270. The summed E-state index contributed by atoms with van der Waals surface area (Å²) in [6.07, 6.45) is 3.29. The number of nitrogens with zero attached hydrogens (tertiary/aromatic N) is 4. The number of carbonyl (C=O) groups excluding carboxylic acids is 2. The van der Waals surface area contributed by atoms with Gasteiger partial charge in [0.1, 0.15) is 5.56 Å². The molecule has 4 aromatic rings. The van der Waals surface area contributed by atoms with Crippen LogP contribution >= 0.6 is 0 Å². The lowest BCUT2D eigenvalue weighted by Crippen LogP contribution is -2.34. The molecule has 0 spiro atoms. The van der Waals surface area contributed by atoms with Crippen molar-refractivity contribution in [3.05, 3.63) is 72.2 Å². The Morgan fingerprint density at radius 1 is 1.10 bits per heavy atom. The van der Waals surface area contributed by atoms with Crippen LogP contribution in [0.25, 0.3) is 16.4 Å². The van der Waals surface area contributed by atoms with Gasteiger partial charge in [-0.3, -0.25) is 4.79 Å². The monoisotopic (exact) mass is 388 g/mol. The molecule has 0 aliphatic carbocycles. The Kier molecular flexibility index (Phi) is 4.95. The van der Waals surface area contributed by atoms with E-state index >= 15 is 0 Å². The van der Waals surface area contributed by atoms with Crippen LogP contribution < -0.4 is 4.90 Å². The van der Waals surface area contributed by atoms with Crippen LogP contribution in [-0.4, -0.2) is 39.6 Å². The van der Waals surface area contributed by atoms with Gasteiger partial charge in [-0.2, -0.15) is 5.10 Å². The lowest BCUT2D eigenvalue weighted by atomic mass is 10.1. The second kappa shape index (κ2) is 7.71. The van der Waals surface area contributed by atoms with Gasteiger partial charge in [0.05, 0.1) is 11.4 Å². The summed E-state index contributed by atoms with van der Waals surface area (Å²) in [5, 5.41) is 6.27. The van der Waals surface area contributed by atoms with E-state index in [9.17, 15) is 9.59 Å². The maximum atomic E-state index is 12.9. The Hall–Kier alpha value is -3.74. The summed E-state index contributed by atoms with van der Waals surface area (Å²) in [7, 11) is 0. The summed E-state index contributed by atoms with van der Waals surface area (Å²) in [6, 6.07) is 15.4. The van der Waals surface area contributed by atoms with E-state index in [0.29, 0.717) is 17.9 Å². The van der Waals surface area contributed by atoms with Gasteiger partial charge in [0, 0.05) is 24.3 Å². The van der Waals surface area contributed by atoms with Gasteiger partial charge in [-0.25, -0.2) is 14.3 Å². The molecule has 7 nitrogen and oxygen atoms in total. The molecule has 4 rings (SSSR count). The third-order valence-electron chi connectivity index (χ3n) is 4.78. The molecule has 7 heteroatoms. The molecule has 0 radical (unpaired) electrons. The Balaban J connectivity index is 1.55. The highest BCUT2D eigenvalue weighted by atomic mass is 16.5. The fourth-order valence-electron chi connectivity index (χ4n) is 3.44. The van der Waals surface area contributed by atoms with Gasteiger partial charge in [0.25, 0.3) is 5.91 Å². The number of aryl methyl sites for hydroxylation is 1. The number of hydrogen-bond acceptors (Lipinski definition) is 5. The fourth-order valence-corrected chi connectivity index (χ4v) is 3.44. The third kappa shape index (κ3) is 3.42. The molecule has 0 bridgehead atoms. The van der Waals surface area contributed by atoms with Crippen LogP contribution in [0.5, 0.6) is 0 Å². The number of anilines is 1. The van der Waals surface area contributed by atoms with Crippen LogP contribution in [0.3, 0.4) is 0 Å². The summed E-state index contributed by atoms with van der Waals surface area (Å²) < 4.78 is 6.85. The van der Waals surface area contributed by atoms with Gasteiger partial charge in [0.2, 0.25) is 0 Å². The first-order valence-corrected chi connectivity index (χ1v) is 9.35. The number of ether oxygens (including phenoxy) is 1. The third-order valence-corrected chi connectivity index (χ3v) is 4.78. The highest BCUT2D eigenvalue weighted by molar-refractivity contribution is 6.05. The lowest BCUT2D eigenvalue weighted by Gasteiger charge is -2.22. The number of carbonyl (C=O) groups is 2. The smallest absolute Gasteiger partial charge is 0.344 e. The molecule has 0 N–H and O–H groups in total. The first-order valence-electron chi connectivity index (χ1n) is 9.35.